The fraction of sp³-hybridized carbons (Fsp3) is 0.0714. The van der Waals surface area contributed by atoms with Crippen molar-refractivity contribution in [1.29, 1.82) is 0 Å². The Morgan fingerprint density at radius 3 is 2.52 bits per heavy atom. The Bertz CT molecular complexity index is 704. The number of amides is 1. The molecular formula is C14H10Cl2N2O3. The first-order valence-electron chi connectivity index (χ1n) is 5.94. The van der Waals surface area contributed by atoms with Crippen LogP contribution in [0.1, 0.15) is 15.9 Å². The Labute approximate surface area is 130 Å². The Balaban J connectivity index is 2.15. The van der Waals surface area contributed by atoms with E-state index in [0.717, 1.165) is 11.6 Å². The maximum atomic E-state index is 12.0. The van der Waals surface area contributed by atoms with E-state index < -0.39 is 10.8 Å². The number of benzene rings is 2. The first kappa shape index (κ1) is 15.3. The van der Waals surface area contributed by atoms with Crippen LogP contribution in [0.3, 0.4) is 0 Å². The highest BCUT2D eigenvalue weighted by Crippen LogP contribution is 2.23. The standard InChI is InChI=1S/C14H10Cl2N2O3/c15-10-3-1-2-9(6-10)8-17-14(19)12-5-4-11(16)7-13(12)18(20)21/h1-7H,8H2,(H,17,19). The Morgan fingerprint density at radius 1 is 1.14 bits per heavy atom. The summed E-state index contributed by atoms with van der Waals surface area (Å²) < 4.78 is 0. The molecular weight excluding hydrogens is 315 g/mol. The van der Waals surface area contributed by atoms with Gasteiger partial charge >= 0.3 is 0 Å². The number of nitro groups is 1. The Hall–Kier alpha value is -2.11. The molecule has 7 heteroatoms. The lowest BCUT2D eigenvalue weighted by Crippen LogP contribution is -2.23. The van der Waals surface area contributed by atoms with Crippen molar-refractivity contribution in [2.24, 2.45) is 0 Å². The van der Waals surface area contributed by atoms with E-state index in [1.54, 1.807) is 24.3 Å². The van der Waals surface area contributed by atoms with Gasteiger partial charge in [0.05, 0.1) is 4.92 Å². The van der Waals surface area contributed by atoms with Gasteiger partial charge in [0.25, 0.3) is 11.6 Å². The van der Waals surface area contributed by atoms with Crippen LogP contribution in [-0.4, -0.2) is 10.8 Å². The zero-order valence-corrected chi connectivity index (χ0v) is 12.2. The first-order valence-corrected chi connectivity index (χ1v) is 6.69. The molecule has 1 amide bonds. The molecule has 5 nitrogen and oxygen atoms in total. The first-order chi connectivity index (χ1) is 9.97. The normalized spacial score (nSPS) is 10.2. The van der Waals surface area contributed by atoms with Crippen molar-refractivity contribution in [2.45, 2.75) is 6.54 Å². The molecule has 0 heterocycles. The van der Waals surface area contributed by atoms with Crippen LogP contribution in [0.15, 0.2) is 42.5 Å². The van der Waals surface area contributed by atoms with Gasteiger partial charge in [-0.25, -0.2) is 0 Å². The SMILES string of the molecule is O=C(NCc1cccc(Cl)c1)c1ccc(Cl)cc1[N+](=O)[O-]. The number of hydrogen-bond donors (Lipinski definition) is 1. The van der Waals surface area contributed by atoms with Gasteiger partial charge < -0.3 is 5.32 Å². The molecule has 0 unspecified atom stereocenters. The highest BCUT2D eigenvalue weighted by Gasteiger charge is 2.20. The summed E-state index contributed by atoms with van der Waals surface area (Å²) in [5.41, 5.74) is 0.435. The van der Waals surface area contributed by atoms with Crippen molar-refractivity contribution < 1.29 is 9.72 Å². The van der Waals surface area contributed by atoms with Crippen molar-refractivity contribution in [3.63, 3.8) is 0 Å². The van der Waals surface area contributed by atoms with Gasteiger partial charge in [0.15, 0.2) is 0 Å². The monoisotopic (exact) mass is 324 g/mol. The van der Waals surface area contributed by atoms with Crippen molar-refractivity contribution in [3.05, 3.63) is 73.8 Å². The molecule has 0 aliphatic carbocycles. The lowest BCUT2D eigenvalue weighted by Gasteiger charge is -2.06. The molecule has 2 rings (SSSR count). The van der Waals surface area contributed by atoms with Gasteiger partial charge in [-0.1, -0.05) is 35.3 Å². The molecule has 0 radical (unpaired) electrons. The number of nitrogens with zero attached hydrogens (tertiary/aromatic N) is 1. The average molecular weight is 325 g/mol. The maximum absolute atomic E-state index is 12.0. The predicted octanol–water partition coefficient (Wildman–Crippen LogP) is 3.83. The molecule has 0 aliphatic rings. The summed E-state index contributed by atoms with van der Waals surface area (Å²) in [6, 6.07) is 10.9. The van der Waals surface area contributed by atoms with E-state index in [0.29, 0.717) is 5.02 Å². The van der Waals surface area contributed by atoms with Gasteiger partial charge in [-0.15, -0.1) is 0 Å². The molecule has 0 fully saturated rings. The summed E-state index contributed by atoms with van der Waals surface area (Å²) in [6.45, 7) is 0.221. The summed E-state index contributed by atoms with van der Waals surface area (Å²) >= 11 is 11.5. The number of nitro benzene ring substituents is 1. The lowest BCUT2D eigenvalue weighted by atomic mass is 10.1. The minimum absolute atomic E-state index is 0.0357. The van der Waals surface area contributed by atoms with E-state index in [4.69, 9.17) is 23.2 Å². The zero-order valence-electron chi connectivity index (χ0n) is 10.7. The molecule has 0 atom stereocenters. The van der Waals surface area contributed by atoms with E-state index in [1.807, 2.05) is 0 Å². The third-order valence-electron chi connectivity index (χ3n) is 2.74. The molecule has 1 N–H and O–H groups in total. The predicted molar refractivity (Wildman–Crippen MR) is 80.7 cm³/mol. The summed E-state index contributed by atoms with van der Waals surface area (Å²) in [4.78, 5) is 22.4. The van der Waals surface area contributed by atoms with Gasteiger partial charge in [-0.3, -0.25) is 14.9 Å². The number of nitrogens with one attached hydrogen (secondary N) is 1. The second-order valence-electron chi connectivity index (χ2n) is 4.23. The fourth-order valence-corrected chi connectivity index (χ4v) is 2.15. The van der Waals surface area contributed by atoms with Crippen LogP contribution in [0.2, 0.25) is 10.0 Å². The van der Waals surface area contributed by atoms with Gasteiger partial charge in [0.1, 0.15) is 5.56 Å². The average Bonchev–Trinajstić information content (AvgIpc) is 2.44. The summed E-state index contributed by atoms with van der Waals surface area (Å²) in [5, 5.41) is 14.3. The molecule has 0 bridgehead atoms. The van der Waals surface area contributed by atoms with Crippen LogP contribution >= 0.6 is 23.2 Å². The number of hydrogen-bond acceptors (Lipinski definition) is 3. The molecule has 108 valence electrons. The largest absolute Gasteiger partial charge is 0.348 e. The van der Waals surface area contributed by atoms with E-state index in [2.05, 4.69) is 5.32 Å². The third-order valence-corrected chi connectivity index (χ3v) is 3.21. The highest BCUT2D eigenvalue weighted by molar-refractivity contribution is 6.31. The quantitative estimate of drug-likeness (QED) is 0.686. The molecule has 0 aromatic heterocycles. The number of carbonyl (C=O) groups excluding carboxylic acids is 1. The molecule has 0 aliphatic heterocycles. The van der Waals surface area contributed by atoms with Crippen LogP contribution in [0.25, 0.3) is 0 Å². The van der Waals surface area contributed by atoms with E-state index in [1.165, 1.54) is 12.1 Å². The van der Waals surface area contributed by atoms with Gasteiger partial charge in [-0.05, 0) is 29.8 Å². The minimum atomic E-state index is -0.639. The van der Waals surface area contributed by atoms with E-state index in [9.17, 15) is 14.9 Å². The zero-order chi connectivity index (χ0) is 15.4. The molecule has 2 aromatic carbocycles. The Morgan fingerprint density at radius 2 is 1.86 bits per heavy atom. The van der Waals surface area contributed by atoms with Crippen LogP contribution in [-0.2, 0) is 6.54 Å². The number of halogens is 2. The second-order valence-corrected chi connectivity index (χ2v) is 5.10. The van der Waals surface area contributed by atoms with Crippen molar-refractivity contribution in [2.75, 3.05) is 0 Å². The highest BCUT2D eigenvalue weighted by atomic mass is 35.5. The molecule has 2 aromatic rings. The summed E-state index contributed by atoms with van der Waals surface area (Å²) in [7, 11) is 0. The Kier molecular flexibility index (Phi) is 4.77. The van der Waals surface area contributed by atoms with Gasteiger partial charge in [-0.2, -0.15) is 0 Å². The van der Waals surface area contributed by atoms with Crippen molar-refractivity contribution in [1.82, 2.24) is 5.32 Å². The third kappa shape index (κ3) is 3.93. The van der Waals surface area contributed by atoms with E-state index >= 15 is 0 Å². The van der Waals surface area contributed by atoms with E-state index in [-0.39, 0.29) is 22.8 Å². The second kappa shape index (κ2) is 6.56. The van der Waals surface area contributed by atoms with Crippen LogP contribution < -0.4 is 5.32 Å². The van der Waals surface area contributed by atoms with Crippen LogP contribution in [0, 0.1) is 10.1 Å². The summed E-state index contributed by atoms with van der Waals surface area (Å²) in [6.07, 6.45) is 0. The number of rotatable bonds is 4. The minimum Gasteiger partial charge on any atom is -0.348 e. The fourth-order valence-electron chi connectivity index (χ4n) is 1.77. The topological polar surface area (TPSA) is 72.2 Å². The maximum Gasteiger partial charge on any atom is 0.283 e. The number of carbonyl (C=O) groups is 1. The summed E-state index contributed by atoms with van der Waals surface area (Å²) in [5.74, 6) is -0.543. The lowest BCUT2D eigenvalue weighted by molar-refractivity contribution is -0.385. The van der Waals surface area contributed by atoms with Crippen molar-refractivity contribution in [3.8, 4) is 0 Å². The van der Waals surface area contributed by atoms with Crippen LogP contribution in [0.4, 0.5) is 5.69 Å². The van der Waals surface area contributed by atoms with Gasteiger partial charge in [0.2, 0.25) is 0 Å². The molecule has 0 saturated heterocycles. The molecule has 0 saturated carbocycles. The molecule has 0 spiro atoms. The van der Waals surface area contributed by atoms with Gasteiger partial charge in [0, 0.05) is 22.7 Å². The van der Waals surface area contributed by atoms with Crippen molar-refractivity contribution >= 4 is 34.8 Å². The smallest absolute Gasteiger partial charge is 0.283 e. The molecule has 21 heavy (non-hydrogen) atoms. The van der Waals surface area contributed by atoms with Crippen LogP contribution in [0.5, 0.6) is 0 Å².